The average Bonchev–Trinajstić information content (AvgIpc) is 2.72. The highest BCUT2D eigenvalue weighted by molar-refractivity contribution is 7.99. The Kier molecular flexibility index (Phi) is 3.39. The van der Waals surface area contributed by atoms with Gasteiger partial charge >= 0.3 is 0 Å². The smallest absolute Gasteiger partial charge is 0.244 e. The minimum atomic E-state index is -0.0716. The van der Waals surface area contributed by atoms with Gasteiger partial charge in [-0.25, -0.2) is 4.98 Å². The van der Waals surface area contributed by atoms with Gasteiger partial charge in [0.05, 0.1) is 6.04 Å². The Labute approximate surface area is 90.5 Å². The van der Waals surface area contributed by atoms with Crippen LogP contribution < -0.4 is 10.6 Å². The van der Waals surface area contributed by atoms with Crippen LogP contribution in [0, 0.1) is 0 Å². The molecular weight excluding hydrogens is 218 g/mol. The number of aromatic nitrogens is 1. The highest BCUT2D eigenvalue weighted by atomic mass is 32.2. The van der Waals surface area contributed by atoms with E-state index in [2.05, 4.69) is 15.6 Å². The van der Waals surface area contributed by atoms with Crippen LogP contribution in [0.4, 0.5) is 5.13 Å². The number of hydrogen-bond donors (Lipinski definition) is 2. The van der Waals surface area contributed by atoms with Gasteiger partial charge in [0.15, 0.2) is 5.13 Å². The predicted octanol–water partition coefficient (Wildman–Crippen LogP) is 0.787. The minimum Gasteiger partial charge on any atom is -0.304 e. The second-order valence-electron chi connectivity index (χ2n) is 2.91. The maximum Gasteiger partial charge on any atom is 0.244 e. The summed E-state index contributed by atoms with van der Waals surface area (Å²) in [5, 5.41) is 8.48. The van der Waals surface area contributed by atoms with Gasteiger partial charge in [-0.15, -0.1) is 11.3 Å². The van der Waals surface area contributed by atoms with E-state index >= 15 is 0 Å². The molecule has 0 aliphatic carbocycles. The van der Waals surface area contributed by atoms with E-state index in [-0.39, 0.29) is 11.9 Å². The van der Waals surface area contributed by atoms with Crippen LogP contribution in [-0.4, -0.2) is 35.0 Å². The first-order valence-corrected chi connectivity index (χ1v) is 6.41. The van der Waals surface area contributed by atoms with Gasteiger partial charge in [0, 0.05) is 29.6 Å². The summed E-state index contributed by atoms with van der Waals surface area (Å²) in [7, 11) is 0. The molecular formula is C8H11N3OS2. The molecule has 2 N–H and O–H groups in total. The number of thioether (sulfide) groups is 1. The second-order valence-corrected chi connectivity index (χ2v) is 4.95. The molecule has 0 saturated carbocycles. The molecule has 0 radical (unpaired) electrons. The molecule has 0 spiro atoms. The largest absolute Gasteiger partial charge is 0.304 e. The molecule has 14 heavy (non-hydrogen) atoms. The van der Waals surface area contributed by atoms with E-state index in [9.17, 15) is 4.79 Å². The SMILES string of the molecule is O=C(Nc1nccs1)C1CSCCN1. The maximum atomic E-state index is 11.6. The van der Waals surface area contributed by atoms with Gasteiger partial charge in [-0.1, -0.05) is 0 Å². The third kappa shape index (κ3) is 2.46. The van der Waals surface area contributed by atoms with Crippen LogP contribution in [0.25, 0.3) is 0 Å². The standard InChI is InChI=1S/C8H11N3OS2/c12-7(6-5-13-3-1-9-6)11-8-10-2-4-14-8/h2,4,6,9H,1,3,5H2,(H,10,11,12). The molecule has 1 atom stereocenters. The third-order valence-corrected chi connectivity index (χ3v) is 3.65. The Morgan fingerprint density at radius 3 is 3.29 bits per heavy atom. The molecule has 0 bridgehead atoms. The van der Waals surface area contributed by atoms with Gasteiger partial charge in [-0.3, -0.25) is 4.79 Å². The molecule has 2 rings (SSSR count). The first kappa shape index (κ1) is 9.95. The zero-order valence-corrected chi connectivity index (χ0v) is 9.16. The molecule has 76 valence electrons. The maximum absolute atomic E-state index is 11.6. The van der Waals surface area contributed by atoms with Crippen molar-refractivity contribution in [3.05, 3.63) is 11.6 Å². The van der Waals surface area contributed by atoms with Crippen LogP contribution in [0.1, 0.15) is 0 Å². The van der Waals surface area contributed by atoms with Crippen molar-refractivity contribution in [2.24, 2.45) is 0 Å². The number of nitrogens with zero attached hydrogens (tertiary/aromatic N) is 1. The van der Waals surface area contributed by atoms with E-state index in [0.717, 1.165) is 18.1 Å². The van der Waals surface area contributed by atoms with Crippen LogP contribution in [0.2, 0.25) is 0 Å². The molecule has 0 aromatic carbocycles. The predicted molar refractivity (Wildman–Crippen MR) is 59.9 cm³/mol. The Morgan fingerprint density at radius 1 is 1.71 bits per heavy atom. The summed E-state index contributed by atoms with van der Waals surface area (Å²) in [6, 6.07) is -0.0716. The fraction of sp³-hybridized carbons (Fsp3) is 0.500. The zero-order chi connectivity index (χ0) is 9.80. The number of amides is 1. The van der Waals surface area contributed by atoms with Gasteiger partial charge in [0.2, 0.25) is 5.91 Å². The van der Waals surface area contributed by atoms with Crippen LogP contribution in [0.3, 0.4) is 0 Å². The number of thiazole rings is 1. The number of rotatable bonds is 2. The number of anilines is 1. The highest BCUT2D eigenvalue weighted by Crippen LogP contribution is 2.13. The van der Waals surface area contributed by atoms with Crippen molar-refractivity contribution in [2.75, 3.05) is 23.4 Å². The fourth-order valence-corrected chi connectivity index (χ4v) is 2.68. The van der Waals surface area contributed by atoms with Crippen LogP contribution in [0.5, 0.6) is 0 Å². The van der Waals surface area contributed by atoms with Gasteiger partial charge in [-0.2, -0.15) is 11.8 Å². The lowest BCUT2D eigenvalue weighted by molar-refractivity contribution is -0.117. The summed E-state index contributed by atoms with van der Waals surface area (Å²) < 4.78 is 0. The lowest BCUT2D eigenvalue weighted by atomic mass is 10.3. The highest BCUT2D eigenvalue weighted by Gasteiger charge is 2.21. The molecule has 1 aliphatic rings. The third-order valence-electron chi connectivity index (χ3n) is 1.90. The van der Waals surface area contributed by atoms with Crippen molar-refractivity contribution in [2.45, 2.75) is 6.04 Å². The monoisotopic (exact) mass is 229 g/mol. The van der Waals surface area contributed by atoms with E-state index in [1.807, 2.05) is 5.38 Å². The van der Waals surface area contributed by atoms with Crippen LogP contribution in [-0.2, 0) is 4.79 Å². The zero-order valence-electron chi connectivity index (χ0n) is 7.53. The molecule has 4 nitrogen and oxygen atoms in total. The molecule has 1 aromatic heterocycles. The molecule has 1 aromatic rings. The molecule has 6 heteroatoms. The Hall–Kier alpha value is -0.590. The first-order chi connectivity index (χ1) is 6.86. The normalized spacial score (nSPS) is 21.9. The molecule has 1 fully saturated rings. The van der Waals surface area contributed by atoms with Crippen LogP contribution >= 0.6 is 23.1 Å². The summed E-state index contributed by atoms with van der Waals surface area (Å²) in [4.78, 5) is 15.6. The van der Waals surface area contributed by atoms with Crippen molar-refractivity contribution in [1.82, 2.24) is 10.3 Å². The van der Waals surface area contributed by atoms with Crippen molar-refractivity contribution < 1.29 is 4.79 Å². The Morgan fingerprint density at radius 2 is 2.64 bits per heavy atom. The molecule has 1 saturated heterocycles. The summed E-state index contributed by atoms with van der Waals surface area (Å²) in [5.41, 5.74) is 0. The van der Waals surface area contributed by atoms with Crippen molar-refractivity contribution in [3.8, 4) is 0 Å². The summed E-state index contributed by atoms with van der Waals surface area (Å²) in [5.74, 6) is 1.95. The Balaban J connectivity index is 1.88. The van der Waals surface area contributed by atoms with E-state index in [1.54, 1.807) is 18.0 Å². The summed E-state index contributed by atoms with van der Waals surface area (Å²) in [6.45, 7) is 0.903. The second kappa shape index (κ2) is 4.77. The molecule has 2 heterocycles. The number of carbonyl (C=O) groups is 1. The van der Waals surface area contributed by atoms with Crippen molar-refractivity contribution >= 4 is 34.1 Å². The topological polar surface area (TPSA) is 54.0 Å². The lowest BCUT2D eigenvalue weighted by Crippen LogP contribution is -2.46. The van der Waals surface area contributed by atoms with Gasteiger partial charge in [-0.05, 0) is 0 Å². The van der Waals surface area contributed by atoms with E-state index < -0.39 is 0 Å². The number of hydrogen-bond acceptors (Lipinski definition) is 5. The van der Waals surface area contributed by atoms with Gasteiger partial charge in [0.25, 0.3) is 0 Å². The van der Waals surface area contributed by atoms with Crippen molar-refractivity contribution in [3.63, 3.8) is 0 Å². The number of nitrogens with one attached hydrogen (secondary N) is 2. The first-order valence-electron chi connectivity index (χ1n) is 4.38. The summed E-state index contributed by atoms with van der Waals surface area (Å²) >= 11 is 3.24. The quantitative estimate of drug-likeness (QED) is 0.787. The fourth-order valence-electron chi connectivity index (χ4n) is 1.21. The average molecular weight is 229 g/mol. The molecule has 1 unspecified atom stereocenters. The minimum absolute atomic E-state index is 0.0205. The van der Waals surface area contributed by atoms with Crippen LogP contribution in [0.15, 0.2) is 11.6 Å². The molecule has 1 aliphatic heterocycles. The van der Waals surface area contributed by atoms with E-state index in [1.165, 1.54) is 11.3 Å². The van der Waals surface area contributed by atoms with E-state index in [4.69, 9.17) is 0 Å². The lowest BCUT2D eigenvalue weighted by Gasteiger charge is -2.21. The summed E-state index contributed by atoms with van der Waals surface area (Å²) in [6.07, 6.45) is 1.68. The van der Waals surface area contributed by atoms with E-state index in [0.29, 0.717) is 5.13 Å². The molecule has 1 amide bonds. The van der Waals surface area contributed by atoms with Gasteiger partial charge < -0.3 is 10.6 Å². The van der Waals surface area contributed by atoms with Gasteiger partial charge in [0.1, 0.15) is 0 Å². The Bertz CT molecular complexity index is 296. The van der Waals surface area contributed by atoms with Crippen molar-refractivity contribution in [1.29, 1.82) is 0 Å². The number of carbonyl (C=O) groups excluding carboxylic acids is 1.